The van der Waals surface area contributed by atoms with E-state index in [1.807, 2.05) is 85.8 Å². The maximum Gasteiger partial charge on any atom is 0.261 e. The molecule has 1 aromatic heterocycles. The largest absolute Gasteiger partial charge is 0.497 e. The Balaban J connectivity index is 1.58. The number of aromatic nitrogens is 2. The number of anilines is 1. The lowest BCUT2D eigenvalue weighted by molar-refractivity contribution is 0.103. The minimum absolute atomic E-state index is 0.103. The molecule has 6 heteroatoms. The second-order valence-corrected chi connectivity index (χ2v) is 8.84. The molecular weight excluding hydrogens is 462 g/mol. The number of methoxy groups -OCH3 is 1. The van der Waals surface area contributed by atoms with Crippen LogP contribution in [-0.4, -0.2) is 22.4 Å². The molecule has 0 spiro atoms. The van der Waals surface area contributed by atoms with Gasteiger partial charge in [0.2, 0.25) is 0 Å². The van der Waals surface area contributed by atoms with Crippen LogP contribution in [0.25, 0.3) is 10.9 Å². The Morgan fingerprint density at radius 3 is 2.32 bits per heavy atom. The summed E-state index contributed by atoms with van der Waals surface area (Å²) in [5.74, 6) is 1.05. The number of hydrogen-bond donors (Lipinski definition) is 1. The van der Waals surface area contributed by atoms with Gasteiger partial charge in [-0.25, -0.2) is 4.98 Å². The molecule has 1 N–H and O–H groups in total. The van der Waals surface area contributed by atoms with Crippen LogP contribution in [0.15, 0.2) is 108 Å². The smallest absolute Gasteiger partial charge is 0.261 e. The quantitative estimate of drug-likeness (QED) is 0.277. The van der Waals surface area contributed by atoms with Crippen LogP contribution in [0.4, 0.5) is 5.69 Å². The van der Waals surface area contributed by atoms with E-state index in [1.54, 1.807) is 35.9 Å². The number of para-hydroxylation sites is 1. The maximum atomic E-state index is 13.6. The van der Waals surface area contributed by atoms with Gasteiger partial charge in [-0.05, 0) is 42.8 Å². The molecule has 0 bridgehead atoms. The number of ether oxygens (including phenoxy) is 1. The maximum absolute atomic E-state index is 13.6. The fourth-order valence-electron chi connectivity index (χ4n) is 4.44. The summed E-state index contributed by atoms with van der Waals surface area (Å²) in [6.07, 6.45) is 0. The summed E-state index contributed by atoms with van der Waals surface area (Å²) in [7, 11) is 1.57. The number of fused-ring (bicyclic) bond motifs is 1. The SMILES string of the molecule is COc1ccc(NC(C)c2nc3ccccc3c(=O)n2Cc2ccccc2)c(C(=O)c2ccccc2)c1. The normalized spacial score (nSPS) is 11.7. The Bertz CT molecular complexity index is 1610. The molecule has 1 unspecified atom stereocenters. The summed E-state index contributed by atoms with van der Waals surface area (Å²) in [5.41, 5.74) is 3.23. The first-order valence-electron chi connectivity index (χ1n) is 12.1. The van der Waals surface area contributed by atoms with Crippen molar-refractivity contribution in [1.29, 1.82) is 0 Å². The highest BCUT2D eigenvalue weighted by atomic mass is 16.5. The summed E-state index contributed by atoms with van der Waals surface area (Å²) in [4.78, 5) is 31.9. The number of nitrogens with zero attached hydrogens (tertiary/aromatic N) is 2. The third-order valence-electron chi connectivity index (χ3n) is 6.34. The first-order valence-corrected chi connectivity index (χ1v) is 12.1. The monoisotopic (exact) mass is 489 g/mol. The van der Waals surface area contributed by atoms with Gasteiger partial charge in [-0.1, -0.05) is 72.8 Å². The highest BCUT2D eigenvalue weighted by Gasteiger charge is 2.21. The highest BCUT2D eigenvalue weighted by molar-refractivity contribution is 6.12. The van der Waals surface area contributed by atoms with Crippen molar-refractivity contribution in [3.63, 3.8) is 0 Å². The molecule has 0 aliphatic rings. The van der Waals surface area contributed by atoms with Crippen molar-refractivity contribution in [2.45, 2.75) is 19.5 Å². The van der Waals surface area contributed by atoms with Crippen LogP contribution >= 0.6 is 0 Å². The van der Waals surface area contributed by atoms with Crippen molar-refractivity contribution in [3.8, 4) is 5.75 Å². The summed E-state index contributed by atoms with van der Waals surface area (Å²) in [5, 5.41) is 4.02. The van der Waals surface area contributed by atoms with Crippen LogP contribution in [0, 0.1) is 0 Å². The Labute approximate surface area is 215 Å². The summed E-state index contributed by atoms with van der Waals surface area (Å²) >= 11 is 0. The molecule has 1 atom stereocenters. The van der Waals surface area contributed by atoms with Gasteiger partial charge in [0, 0.05) is 16.8 Å². The number of nitrogens with one attached hydrogen (secondary N) is 1. The number of carbonyl (C=O) groups is 1. The first-order chi connectivity index (χ1) is 18.0. The molecule has 0 amide bonds. The Morgan fingerprint density at radius 1 is 0.919 bits per heavy atom. The molecule has 6 nitrogen and oxygen atoms in total. The minimum atomic E-state index is -0.378. The Hall–Kier alpha value is -4.71. The van der Waals surface area contributed by atoms with Gasteiger partial charge in [-0.15, -0.1) is 0 Å². The van der Waals surface area contributed by atoms with Crippen LogP contribution in [0.1, 0.15) is 40.3 Å². The van der Waals surface area contributed by atoms with Gasteiger partial charge in [0.25, 0.3) is 5.56 Å². The predicted octanol–water partition coefficient (Wildman–Crippen LogP) is 5.86. The minimum Gasteiger partial charge on any atom is -0.497 e. The van der Waals surface area contributed by atoms with E-state index in [2.05, 4.69) is 5.32 Å². The molecule has 4 aromatic carbocycles. The molecule has 37 heavy (non-hydrogen) atoms. The van der Waals surface area contributed by atoms with Crippen LogP contribution < -0.4 is 15.6 Å². The molecule has 5 rings (SSSR count). The molecule has 0 radical (unpaired) electrons. The lowest BCUT2D eigenvalue weighted by atomic mass is 10.0. The highest BCUT2D eigenvalue weighted by Crippen LogP contribution is 2.28. The van der Waals surface area contributed by atoms with Gasteiger partial charge < -0.3 is 10.1 Å². The van der Waals surface area contributed by atoms with Gasteiger partial charge in [0.05, 0.1) is 30.6 Å². The van der Waals surface area contributed by atoms with Gasteiger partial charge >= 0.3 is 0 Å². The summed E-state index contributed by atoms with van der Waals surface area (Å²) in [6.45, 7) is 2.33. The summed E-state index contributed by atoms with van der Waals surface area (Å²) < 4.78 is 7.10. The van der Waals surface area contributed by atoms with Gasteiger partial charge in [0.15, 0.2) is 5.78 Å². The van der Waals surface area contributed by atoms with Crippen LogP contribution in [0.2, 0.25) is 0 Å². The second-order valence-electron chi connectivity index (χ2n) is 8.84. The van der Waals surface area contributed by atoms with E-state index in [9.17, 15) is 9.59 Å². The summed E-state index contributed by atoms with van der Waals surface area (Å²) in [6, 6.07) is 31.3. The van der Waals surface area contributed by atoms with Crippen molar-refractivity contribution in [3.05, 3.63) is 136 Å². The second kappa shape index (κ2) is 10.5. The fourth-order valence-corrected chi connectivity index (χ4v) is 4.44. The zero-order chi connectivity index (χ0) is 25.8. The lowest BCUT2D eigenvalue weighted by Gasteiger charge is -2.22. The molecular formula is C31H27N3O3. The number of carbonyl (C=O) groups excluding carboxylic acids is 1. The average molecular weight is 490 g/mol. The number of rotatable bonds is 8. The first kappa shape index (κ1) is 24.0. The van der Waals surface area contributed by atoms with Crippen molar-refractivity contribution >= 4 is 22.4 Å². The molecule has 0 saturated heterocycles. The van der Waals surface area contributed by atoms with Crippen LogP contribution in [-0.2, 0) is 6.54 Å². The molecule has 184 valence electrons. The van der Waals surface area contributed by atoms with Gasteiger partial charge in [-0.2, -0.15) is 0 Å². The van der Waals surface area contributed by atoms with Crippen LogP contribution in [0.3, 0.4) is 0 Å². The third-order valence-corrected chi connectivity index (χ3v) is 6.34. The van der Waals surface area contributed by atoms with Crippen molar-refractivity contribution in [2.75, 3.05) is 12.4 Å². The number of ketones is 1. The zero-order valence-corrected chi connectivity index (χ0v) is 20.7. The molecule has 5 aromatic rings. The zero-order valence-electron chi connectivity index (χ0n) is 20.7. The molecule has 1 heterocycles. The fraction of sp³-hybridized carbons (Fsp3) is 0.129. The number of hydrogen-bond acceptors (Lipinski definition) is 5. The molecule has 0 fully saturated rings. The van der Waals surface area contributed by atoms with E-state index in [1.165, 1.54) is 0 Å². The Morgan fingerprint density at radius 2 is 1.59 bits per heavy atom. The van der Waals surface area contributed by atoms with E-state index in [-0.39, 0.29) is 17.4 Å². The number of benzene rings is 4. The van der Waals surface area contributed by atoms with E-state index in [0.717, 1.165) is 5.56 Å². The molecule has 0 saturated carbocycles. The van der Waals surface area contributed by atoms with E-state index in [0.29, 0.717) is 45.8 Å². The van der Waals surface area contributed by atoms with Crippen LogP contribution in [0.5, 0.6) is 5.75 Å². The lowest BCUT2D eigenvalue weighted by Crippen LogP contribution is -2.29. The third kappa shape index (κ3) is 5.00. The standard InChI is InChI=1S/C31H27N3O3/c1-21(32-28-18-17-24(37-2)19-26(28)29(35)23-13-7-4-8-14-23)30-33-27-16-10-9-15-25(27)31(36)34(30)20-22-11-5-3-6-12-22/h3-19,21,32H,20H2,1-2H3. The van der Waals surface area contributed by atoms with Crippen molar-refractivity contribution in [1.82, 2.24) is 9.55 Å². The Kier molecular flexibility index (Phi) is 6.81. The van der Waals surface area contributed by atoms with E-state index < -0.39 is 0 Å². The molecule has 0 aliphatic carbocycles. The molecule has 0 aliphatic heterocycles. The average Bonchev–Trinajstić information content (AvgIpc) is 2.95. The van der Waals surface area contributed by atoms with Crippen molar-refractivity contribution < 1.29 is 9.53 Å². The van der Waals surface area contributed by atoms with Gasteiger partial charge in [0.1, 0.15) is 11.6 Å². The van der Waals surface area contributed by atoms with E-state index in [4.69, 9.17) is 9.72 Å². The van der Waals surface area contributed by atoms with Crippen molar-refractivity contribution in [2.24, 2.45) is 0 Å². The van der Waals surface area contributed by atoms with Gasteiger partial charge in [-0.3, -0.25) is 14.2 Å². The predicted molar refractivity (Wildman–Crippen MR) is 146 cm³/mol. The topological polar surface area (TPSA) is 73.2 Å². The van der Waals surface area contributed by atoms with E-state index >= 15 is 0 Å².